The summed E-state index contributed by atoms with van der Waals surface area (Å²) in [6.07, 6.45) is 1.41. The van der Waals surface area contributed by atoms with E-state index in [4.69, 9.17) is 4.74 Å². The van der Waals surface area contributed by atoms with Crippen LogP contribution in [-0.4, -0.2) is 45.1 Å². The van der Waals surface area contributed by atoms with Gasteiger partial charge in [0.2, 0.25) is 0 Å². The van der Waals surface area contributed by atoms with Crippen LogP contribution in [0.1, 0.15) is 33.1 Å². The maximum absolute atomic E-state index is 12.1. The molecule has 0 bridgehead atoms. The topological polar surface area (TPSA) is 86.7 Å². The number of esters is 2. The van der Waals surface area contributed by atoms with E-state index in [0.717, 1.165) is 0 Å². The average Bonchev–Trinajstić information content (AvgIpc) is 3.06. The van der Waals surface area contributed by atoms with Crippen LogP contribution in [0.25, 0.3) is 0 Å². The second kappa shape index (κ2) is 5.90. The summed E-state index contributed by atoms with van der Waals surface area (Å²) < 4.78 is 33.5. The lowest BCUT2D eigenvalue weighted by Crippen LogP contribution is -2.34. The lowest BCUT2D eigenvalue weighted by atomic mass is 10.1. The minimum atomic E-state index is -3.61. The molecule has 0 spiro atoms. The van der Waals surface area contributed by atoms with Gasteiger partial charge in [0.05, 0.1) is 25.9 Å². The first-order chi connectivity index (χ1) is 8.76. The average molecular weight is 292 g/mol. The predicted octanol–water partition coefficient (Wildman–Crippen LogP) is 0.696. The van der Waals surface area contributed by atoms with Gasteiger partial charge >= 0.3 is 11.9 Å². The molecular formula is C12H20O6S. The fraction of sp³-hybridized carbons (Fsp3) is 0.833. The molecule has 0 heterocycles. The van der Waals surface area contributed by atoms with Crippen LogP contribution in [0.4, 0.5) is 0 Å². The summed E-state index contributed by atoms with van der Waals surface area (Å²) >= 11 is 0. The van der Waals surface area contributed by atoms with Crippen molar-refractivity contribution in [2.45, 2.75) is 38.4 Å². The van der Waals surface area contributed by atoms with Gasteiger partial charge in [-0.15, -0.1) is 0 Å². The van der Waals surface area contributed by atoms with Gasteiger partial charge in [0.15, 0.2) is 15.1 Å². The highest BCUT2D eigenvalue weighted by molar-refractivity contribution is 7.92. The third kappa shape index (κ3) is 4.19. The molecule has 7 heteroatoms. The normalized spacial score (nSPS) is 18.5. The number of carbonyl (C=O) groups is 2. The molecule has 0 aromatic carbocycles. The second-order valence-corrected chi connectivity index (χ2v) is 7.28. The van der Waals surface area contributed by atoms with Crippen LogP contribution < -0.4 is 0 Å². The van der Waals surface area contributed by atoms with Crippen LogP contribution in [0.5, 0.6) is 0 Å². The summed E-state index contributed by atoms with van der Waals surface area (Å²) in [6, 6.07) is 0. The maximum Gasteiger partial charge on any atom is 0.324 e. The Labute approximate surface area is 113 Å². The summed E-state index contributed by atoms with van der Waals surface area (Å²) in [4.78, 5) is 22.7. The third-order valence-electron chi connectivity index (χ3n) is 3.37. The van der Waals surface area contributed by atoms with Gasteiger partial charge in [0.1, 0.15) is 0 Å². The first-order valence-corrected chi connectivity index (χ1v) is 7.93. The van der Waals surface area contributed by atoms with Crippen LogP contribution in [0.15, 0.2) is 0 Å². The number of ether oxygens (including phenoxy) is 2. The zero-order valence-corrected chi connectivity index (χ0v) is 12.3. The molecule has 0 radical (unpaired) electrons. The van der Waals surface area contributed by atoms with Gasteiger partial charge in [0, 0.05) is 0 Å². The van der Waals surface area contributed by atoms with Crippen molar-refractivity contribution in [2.75, 3.05) is 19.5 Å². The summed E-state index contributed by atoms with van der Waals surface area (Å²) in [5.41, 5.74) is -0.549. The molecule has 19 heavy (non-hydrogen) atoms. The third-order valence-corrected chi connectivity index (χ3v) is 5.65. The van der Waals surface area contributed by atoms with Crippen molar-refractivity contribution in [2.24, 2.45) is 5.41 Å². The molecule has 0 aromatic heterocycles. The van der Waals surface area contributed by atoms with Crippen molar-refractivity contribution in [1.82, 2.24) is 0 Å². The molecule has 1 atom stereocenters. The maximum atomic E-state index is 12.1. The Morgan fingerprint density at radius 1 is 1.32 bits per heavy atom. The van der Waals surface area contributed by atoms with Gasteiger partial charge in [-0.05, 0) is 32.1 Å². The second-order valence-electron chi connectivity index (χ2n) is 4.95. The minimum Gasteiger partial charge on any atom is -0.469 e. The van der Waals surface area contributed by atoms with Gasteiger partial charge in [0.25, 0.3) is 0 Å². The summed E-state index contributed by atoms with van der Waals surface area (Å²) in [5, 5.41) is -1.19. The van der Waals surface area contributed by atoms with Crippen molar-refractivity contribution in [1.29, 1.82) is 0 Å². The van der Waals surface area contributed by atoms with Gasteiger partial charge in [-0.2, -0.15) is 0 Å². The Morgan fingerprint density at radius 3 is 2.32 bits per heavy atom. The van der Waals surface area contributed by atoms with Crippen LogP contribution in [0, 0.1) is 5.41 Å². The number of hydrogen-bond donors (Lipinski definition) is 0. The first kappa shape index (κ1) is 15.9. The molecule has 1 saturated carbocycles. The Hall–Kier alpha value is -1.11. The van der Waals surface area contributed by atoms with Crippen LogP contribution in [0.3, 0.4) is 0 Å². The fourth-order valence-electron chi connectivity index (χ4n) is 1.89. The van der Waals surface area contributed by atoms with Crippen LogP contribution in [-0.2, 0) is 28.9 Å². The number of sulfone groups is 1. The predicted molar refractivity (Wildman–Crippen MR) is 68.2 cm³/mol. The standard InChI is InChI=1S/C12H20O6S/c1-4-18-11(14)9(2)19(15,16)8-12(5-6-12)7-10(13)17-3/h9H,4-8H2,1-3H3. The lowest BCUT2D eigenvalue weighted by Gasteiger charge is -2.17. The zero-order valence-electron chi connectivity index (χ0n) is 11.5. The van der Waals surface area contributed by atoms with Crippen LogP contribution >= 0.6 is 0 Å². The molecular weight excluding hydrogens is 272 g/mol. The van der Waals surface area contributed by atoms with E-state index in [-0.39, 0.29) is 18.8 Å². The van der Waals surface area contributed by atoms with Crippen LogP contribution in [0.2, 0.25) is 0 Å². The number of hydrogen-bond acceptors (Lipinski definition) is 6. The van der Waals surface area contributed by atoms with Crippen molar-refractivity contribution < 1.29 is 27.5 Å². The van der Waals surface area contributed by atoms with E-state index in [0.29, 0.717) is 12.8 Å². The largest absolute Gasteiger partial charge is 0.469 e. The molecule has 1 fully saturated rings. The molecule has 1 aliphatic carbocycles. The van der Waals surface area contributed by atoms with E-state index in [1.807, 2.05) is 0 Å². The summed E-state index contributed by atoms with van der Waals surface area (Å²) in [7, 11) is -2.34. The molecule has 0 aromatic rings. The Balaban J connectivity index is 2.69. The molecule has 0 aliphatic heterocycles. The zero-order chi connectivity index (χ0) is 14.7. The van der Waals surface area contributed by atoms with E-state index in [2.05, 4.69) is 4.74 Å². The molecule has 1 rings (SSSR count). The van der Waals surface area contributed by atoms with Gasteiger partial charge in [-0.3, -0.25) is 9.59 Å². The first-order valence-electron chi connectivity index (χ1n) is 6.21. The Morgan fingerprint density at radius 2 is 1.89 bits per heavy atom. The molecule has 0 amide bonds. The molecule has 1 unspecified atom stereocenters. The van der Waals surface area contributed by atoms with E-state index in [1.54, 1.807) is 6.92 Å². The number of carbonyl (C=O) groups excluding carboxylic acids is 2. The van der Waals surface area contributed by atoms with Crippen molar-refractivity contribution >= 4 is 21.8 Å². The Bertz CT molecular complexity index is 449. The fourth-order valence-corrected chi connectivity index (χ4v) is 3.74. The lowest BCUT2D eigenvalue weighted by molar-refractivity contribution is -0.142. The highest BCUT2D eigenvalue weighted by Gasteiger charge is 2.49. The van der Waals surface area contributed by atoms with E-state index in [9.17, 15) is 18.0 Å². The minimum absolute atomic E-state index is 0.0816. The molecule has 0 N–H and O–H groups in total. The Kier molecular flexibility index (Phi) is 4.95. The van der Waals surface area contributed by atoms with Crippen molar-refractivity contribution in [3.63, 3.8) is 0 Å². The quantitative estimate of drug-likeness (QED) is 0.642. The van der Waals surface area contributed by atoms with E-state index < -0.39 is 32.4 Å². The number of methoxy groups -OCH3 is 1. The van der Waals surface area contributed by atoms with Gasteiger partial charge < -0.3 is 9.47 Å². The number of rotatable bonds is 7. The molecule has 1 aliphatic rings. The molecule has 0 saturated heterocycles. The smallest absolute Gasteiger partial charge is 0.324 e. The molecule has 110 valence electrons. The highest BCUT2D eigenvalue weighted by atomic mass is 32.2. The van der Waals surface area contributed by atoms with Gasteiger partial charge in [-0.25, -0.2) is 8.42 Å². The molecule has 6 nitrogen and oxygen atoms in total. The van der Waals surface area contributed by atoms with E-state index >= 15 is 0 Å². The highest BCUT2D eigenvalue weighted by Crippen LogP contribution is 2.50. The van der Waals surface area contributed by atoms with Crippen molar-refractivity contribution in [3.8, 4) is 0 Å². The SMILES string of the molecule is CCOC(=O)C(C)S(=O)(=O)CC1(CC(=O)OC)CC1. The monoisotopic (exact) mass is 292 g/mol. The van der Waals surface area contributed by atoms with Gasteiger partial charge in [-0.1, -0.05) is 0 Å². The summed E-state index contributed by atoms with van der Waals surface area (Å²) in [6.45, 7) is 3.09. The summed E-state index contributed by atoms with van der Waals surface area (Å²) in [5.74, 6) is -1.33. The van der Waals surface area contributed by atoms with Crippen molar-refractivity contribution in [3.05, 3.63) is 0 Å². The van der Waals surface area contributed by atoms with E-state index in [1.165, 1.54) is 14.0 Å².